The summed E-state index contributed by atoms with van der Waals surface area (Å²) in [4.78, 5) is 11.8. The molecule has 2 rings (SSSR count). The maximum Gasteiger partial charge on any atom is 0.224 e. The van der Waals surface area contributed by atoms with Gasteiger partial charge in [-0.25, -0.2) is 8.78 Å². The Labute approximate surface area is 121 Å². The molecule has 0 spiro atoms. The van der Waals surface area contributed by atoms with Crippen LogP contribution in [0.5, 0.6) is 0 Å². The quantitative estimate of drug-likeness (QED) is 0.848. The number of hydrogen-bond donors (Lipinski definition) is 2. The fourth-order valence-electron chi connectivity index (χ4n) is 2.02. The van der Waals surface area contributed by atoms with Gasteiger partial charge in [0.15, 0.2) is 11.6 Å². The molecule has 0 atom stereocenters. The molecule has 0 saturated carbocycles. The van der Waals surface area contributed by atoms with E-state index in [1.54, 1.807) is 0 Å². The summed E-state index contributed by atoms with van der Waals surface area (Å²) in [6, 6.07) is 9.91. The molecule has 2 aromatic carbocycles. The van der Waals surface area contributed by atoms with E-state index in [1.807, 2.05) is 31.2 Å². The van der Waals surface area contributed by atoms with E-state index >= 15 is 0 Å². The number of nitrogens with one attached hydrogen (secondary N) is 1. The van der Waals surface area contributed by atoms with E-state index in [0.29, 0.717) is 6.42 Å². The van der Waals surface area contributed by atoms with Gasteiger partial charge in [-0.3, -0.25) is 4.79 Å². The Morgan fingerprint density at radius 3 is 2.71 bits per heavy atom. The molecule has 0 fully saturated rings. The van der Waals surface area contributed by atoms with Crippen molar-refractivity contribution in [2.45, 2.75) is 19.8 Å². The molecule has 0 saturated heterocycles. The van der Waals surface area contributed by atoms with E-state index in [2.05, 4.69) is 5.32 Å². The highest BCUT2D eigenvalue weighted by molar-refractivity contribution is 5.94. The van der Waals surface area contributed by atoms with E-state index in [0.717, 1.165) is 17.2 Å². The van der Waals surface area contributed by atoms with Gasteiger partial charge in [-0.15, -0.1) is 0 Å². The van der Waals surface area contributed by atoms with Gasteiger partial charge in [0, 0.05) is 6.42 Å². The van der Waals surface area contributed by atoms with Crippen LogP contribution in [0.3, 0.4) is 0 Å². The van der Waals surface area contributed by atoms with Crippen molar-refractivity contribution in [3.63, 3.8) is 0 Å². The summed E-state index contributed by atoms with van der Waals surface area (Å²) in [6.45, 7) is 1.96. The van der Waals surface area contributed by atoms with E-state index in [1.165, 1.54) is 6.07 Å². The number of carbonyl (C=O) groups excluding carboxylic acids is 1. The second-order valence-electron chi connectivity index (χ2n) is 4.86. The van der Waals surface area contributed by atoms with Crippen LogP contribution < -0.4 is 11.1 Å². The van der Waals surface area contributed by atoms with E-state index < -0.39 is 17.5 Å². The van der Waals surface area contributed by atoms with Gasteiger partial charge in [0.2, 0.25) is 5.91 Å². The molecular weight excluding hydrogens is 274 g/mol. The Morgan fingerprint density at radius 2 is 2.00 bits per heavy atom. The first kappa shape index (κ1) is 15.0. The number of rotatable bonds is 4. The lowest BCUT2D eigenvalue weighted by molar-refractivity contribution is -0.116. The van der Waals surface area contributed by atoms with Crippen LogP contribution >= 0.6 is 0 Å². The standard InChI is InChI=1S/C16H16F2N2O/c1-10-3-2-4-11(9-10)5-8-14(21)20-16-13(19)7-6-12(17)15(16)18/h2-4,6-7,9H,5,8,19H2,1H3,(H,20,21). The number of nitrogens with two attached hydrogens (primary N) is 1. The highest BCUT2D eigenvalue weighted by Crippen LogP contribution is 2.24. The molecule has 1 amide bonds. The summed E-state index contributed by atoms with van der Waals surface area (Å²) in [5.41, 5.74) is 7.36. The second kappa shape index (κ2) is 6.35. The number of hydrogen-bond acceptors (Lipinski definition) is 2. The van der Waals surface area contributed by atoms with Gasteiger partial charge in [-0.1, -0.05) is 29.8 Å². The summed E-state index contributed by atoms with van der Waals surface area (Å²) in [5, 5.41) is 2.33. The molecule has 3 N–H and O–H groups in total. The molecule has 0 unspecified atom stereocenters. The summed E-state index contributed by atoms with van der Waals surface area (Å²) in [6.07, 6.45) is 0.684. The first-order valence-corrected chi connectivity index (χ1v) is 6.56. The number of benzene rings is 2. The minimum atomic E-state index is -1.14. The lowest BCUT2D eigenvalue weighted by Gasteiger charge is -2.10. The molecule has 21 heavy (non-hydrogen) atoms. The Bertz CT molecular complexity index is 671. The van der Waals surface area contributed by atoms with Gasteiger partial charge in [-0.2, -0.15) is 0 Å². The highest BCUT2D eigenvalue weighted by atomic mass is 19.2. The lowest BCUT2D eigenvalue weighted by atomic mass is 10.1. The molecule has 2 aromatic rings. The smallest absolute Gasteiger partial charge is 0.224 e. The third-order valence-electron chi connectivity index (χ3n) is 3.11. The van der Waals surface area contributed by atoms with Crippen LogP contribution in [-0.2, 0) is 11.2 Å². The summed E-state index contributed by atoms with van der Waals surface area (Å²) in [5.74, 6) is -2.59. The summed E-state index contributed by atoms with van der Waals surface area (Å²) in [7, 11) is 0. The maximum atomic E-state index is 13.6. The molecule has 0 aliphatic heterocycles. The predicted octanol–water partition coefficient (Wildman–Crippen LogP) is 3.43. The average molecular weight is 290 g/mol. The van der Waals surface area contributed by atoms with Crippen LogP contribution in [0.1, 0.15) is 17.5 Å². The number of amides is 1. The Balaban J connectivity index is 2.01. The van der Waals surface area contributed by atoms with E-state index in [4.69, 9.17) is 5.73 Å². The molecule has 0 aromatic heterocycles. The maximum absolute atomic E-state index is 13.6. The monoisotopic (exact) mass is 290 g/mol. The first-order chi connectivity index (χ1) is 9.97. The molecule has 5 heteroatoms. The van der Waals surface area contributed by atoms with Crippen molar-refractivity contribution in [2.75, 3.05) is 11.1 Å². The second-order valence-corrected chi connectivity index (χ2v) is 4.86. The van der Waals surface area contributed by atoms with Crippen molar-refractivity contribution in [3.05, 3.63) is 59.2 Å². The Kier molecular flexibility index (Phi) is 4.52. The van der Waals surface area contributed by atoms with E-state index in [-0.39, 0.29) is 17.8 Å². The number of halogens is 2. The summed E-state index contributed by atoms with van der Waals surface area (Å²) < 4.78 is 26.7. The topological polar surface area (TPSA) is 55.1 Å². The van der Waals surface area contributed by atoms with Gasteiger partial charge in [0.05, 0.1) is 5.69 Å². The molecule has 3 nitrogen and oxygen atoms in total. The van der Waals surface area contributed by atoms with Gasteiger partial charge in [0.1, 0.15) is 5.69 Å². The molecule has 0 aliphatic rings. The van der Waals surface area contributed by atoms with Crippen molar-refractivity contribution < 1.29 is 13.6 Å². The van der Waals surface area contributed by atoms with Gasteiger partial charge in [0.25, 0.3) is 0 Å². The van der Waals surface area contributed by atoms with Gasteiger partial charge >= 0.3 is 0 Å². The molecule has 0 heterocycles. The first-order valence-electron chi connectivity index (χ1n) is 6.56. The van der Waals surface area contributed by atoms with Crippen LogP contribution in [0.15, 0.2) is 36.4 Å². The minimum Gasteiger partial charge on any atom is -0.397 e. The third kappa shape index (κ3) is 3.78. The lowest BCUT2D eigenvalue weighted by Crippen LogP contribution is -2.15. The van der Waals surface area contributed by atoms with Crippen molar-refractivity contribution >= 4 is 17.3 Å². The Hall–Kier alpha value is -2.43. The zero-order valence-corrected chi connectivity index (χ0v) is 11.6. The fraction of sp³-hybridized carbons (Fsp3) is 0.188. The minimum absolute atomic E-state index is 0.00203. The average Bonchev–Trinajstić information content (AvgIpc) is 2.46. The van der Waals surface area contributed by atoms with Crippen LogP contribution in [0.2, 0.25) is 0 Å². The van der Waals surface area contributed by atoms with E-state index in [9.17, 15) is 13.6 Å². The number of carbonyl (C=O) groups is 1. The van der Waals surface area contributed by atoms with Crippen LogP contribution in [0.4, 0.5) is 20.2 Å². The number of nitrogen functional groups attached to an aromatic ring is 1. The van der Waals surface area contributed by atoms with Crippen molar-refractivity contribution in [1.29, 1.82) is 0 Å². The van der Waals surface area contributed by atoms with Crippen LogP contribution in [0, 0.1) is 18.6 Å². The number of anilines is 2. The van der Waals surface area contributed by atoms with Crippen molar-refractivity contribution in [3.8, 4) is 0 Å². The normalized spacial score (nSPS) is 10.4. The zero-order chi connectivity index (χ0) is 15.4. The highest BCUT2D eigenvalue weighted by Gasteiger charge is 2.14. The molecular formula is C16H16F2N2O. The predicted molar refractivity (Wildman–Crippen MR) is 78.9 cm³/mol. The SMILES string of the molecule is Cc1cccc(CCC(=O)Nc2c(N)ccc(F)c2F)c1. The van der Waals surface area contributed by atoms with Gasteiger partial charge in [-0.05, 0) is 31.0 Å². The molecule has 0 aliphatic carbocycles. The zero-order valence-electron chi connectivity index (χ0n) is 11.6. The molecule has 110 valence electrons. The number of aryl methyl sites for hydroxylation is 2. The molecule has 0 bridgehead atoms. The van der Waals surface area contributed by atoms with Crippen molar-refractivity contribution in [1.82, 2.24) is 0 Å². The summed E-state index contributed by atoms with van der Waals surface area (Å²) >= 11 is 0. The van der Waals surface area contributed by atoms with Crippen molar-refractivity contribution in [2.24, 2.45) is 0 Å². The van der Waals surface area contributed by atoms with Crippen LogP contribution in [0.25, 0.3) is 0 Å². The largest absolute Gasteiger partial charge is 0.397 e. The molecule has 0 radical (unpaired) electrons. The fourth-order valence-corrected chi connectivity index (χ4v) is 2.02. The Morgan fingerprint density at radius 1 is 1.24 bits per heavy atom. The van der Waals surface area contributed by atoms with Gasteiger partial charge < -0.3 is 11.1 Å². The third-order valence-corrected chi connectivity index (χ3v) is 3.11. The van der Waals surface area contributed by atoms with Crippen LogP contribution in [-0.4, -0.2) is 5.91 Å².